The highest BCUT2D eigenvalue weighted by molar-refractivity contribution is 6.01. The smallest absolute Gasteiger partial charge is 0.349 e. The minimum Gasteiger partial charge on any atom is -0.494 e. The Morgan fingerprint density at radius 3 is 1.76 bits per heavy atom. The van der Waals surface area contributed by atoms with Gasteiger partial charge >= 0.3 is 17.9 Å². The van der Waals surface area contributed by atoms with Crippen LogP contribution >= 0.6 is 0 Å². The van der Waals surface area contributed by atoms with Gasteiger partial charge in [0.25, 0.3) is 5.91 Å². The lowest BCUT2D eigenvalue weighted by molar-refractivity contribution is -0.157. The predicted octanol–water partition coefficient (Wildman–Crippen LogP) is 4.18. The number of carbonyl (C=O) groups is 4. The Hall–Kier alpha value is -4.66. The first kappa shape index (κ1) is 26.9. The number of carbonyl (C=O) groups excluding carboxylic acids is 3. The lowest BCUT2D eigenvalue weighted by Crippen LogP contribution is -2.48. The van der Waals surface area contributed by atoms with Crippen molar-refractivity contribution in [3.63, 3.8) is 0 Å². The standard InChI is InChI=1S/C28H27NO8/c1-4-35-22-13-11-21(12-14-22)29-25(30)23(36-27(33)19-9-5-7-17(2)15-19)24(26(31)32)37-28(34)20-10-6-8-18(3)16-20/h5-16,23-24H,4H2,1-3H3,(H,29,30)(H,31,32)/t23-,24+/m0/s1. The van der Waals surface area contributed by atoms with Crippen molar-refractivity contribution in [2.75, 3.05) is 11.9 Å². The van der Waals surface area contributed by atoms with Gasteiger partial charge in [0.1, 0.15) is 5.75 Å². The van der Waals surface area contributed by atoms with E-state index >= 15 is 0 Å². The molecule has 0 aromatic heterocycles. The Balaban J connectivity index is 1.90. The fourth-order valence-corrected chi connectivity index (χ4v) is 3.42. The molecule has 0 saturated carbocycles. The van der Waals surface area contributed by atoms with Gasteiger partial charge in [0, 0.05) is 5.69 Å². The van der Waals surface area contributed by atoms with Gasteiger partial charge in [-0.05, 0) is 69.3 Å². The van der Waals surface area contributed by atoms with Crippen molar-refractivity contribution < 1.29 is 38.5 Å². The molecule has 0 spiro atoms. The van der Waals surface area contributed by atoms with Gasteiger partial charge in [-0.3, -0.25) is 4.79 Å². The lowest BCUT2D eigenvalue weighted by Gasteiger charge is -2.23. The molecule has 0 radical (unpaired) electrons. The molecule has 0 bridgehead atoms. The molecule has 2 N–H and O–H groups in total. The highest BCUT2D eigenvalue weighted by Gasteiger charge is 2.41. The van der Waals surface area contributed by atoms with E-state index in [1.54, 1.807) is 50.2 Å². The molecule has 37 heavy (non-hydrogen) atoms. The van der Waals surface area contributed by atoms with Gasteiger partial charge in [0.05, 0.1) is 17.7 Å². The number of aliphatic carboxylic acids is 1. The average molecular weight is 506 g/mol. The van der Waals surface area contributed by atoms with E-state index in [1.165, 1.54) is 36.4 Å². The van der Waals surface area contributed by atoms with Gasteiger partial charge in [-0.15, -0.1) is 0 Å². The Morgan fingerprint density at radius 1 is 0.784 bits per heavy atom. The lowest BCUT2D eigenvalue weighted by atomic mass is 10.1. The highest BCUT2D eigenvalue weighted by atomic mass is 16.6. The summed E-state index contributed by atoms with van der Waals surface area (Å²) in [6.45, 7) is 5.79. The van der Waals surface area contributed by atoms with Crippen LogP contribution in [0.4, 0.5) is 5.69 Å². The first-order valence-corrected chi connectivity index (χ1v) is 11.5. The molecule has 0 saturated heterocycles. The van der Waals surface area contributed by atoms with E-state index in [0.29, 0.717) is 18.0 Å². The van der Waals surface area contributed by atoms with Gasteiger partial charge in [0.15, 0.2) is 0 Å². The van der Waals surface area contributed by atoms with E-state index < -0.39 is 36.0 Å². The van der Waals surface area contributed by atoms with Crippen LogP contribution in [0.2, 0.25) is 0 Å². The zero-order valence-electron chi connectivity index (χ0n) is 20.6. The number of amides is 1. The second kappa shape index (κ2) is 12.3. The van der Waals surface area contributed by atoms with Crippen molar-refractivity contribution >= 4 is 29.5 Å². The molecule has 2 atom stereocenters. The van der Waals surface area contributed by atoms with Crippen molar-refractivity contribution in [3.05, 3.63) is 95.1 Å². The predicted molar refractivity (Wildman–Crippen MR) is 135 cm³/mol. The van der Waals surface area contributed by atoms with Crippen molar-refractivity contribution in [2.24, 2.45) is 0 Å². The quantitative estimate of drug-likeness (QED) is 0.393. The molecular weight excluding hydrogens is 478 g/mol. The number of anilines is 1. The van der Waals surface area contributed by atoms with E-state index in [1.807, 2.05) is 6.92 Å². The van der Waals surface area contributed by atoms with Crippen LogP contribution < -0.4 is 10.1 Å². The first-order valence-electron chi connectivity index (χ1n) is 11.5. The fourth-order valence-electron chi connectivity index (χ4n) is 3.42. The maximum atomic E-state index is 13.2. The first-order chi connectivity index (χ1) is 17.7. The summed E-state index contributed by atoms with van der Waals surface area (Å²) >= 11 is 0. The maximum absolute atomic E-state index is 13.2. The molecule has 9 heteroatoms. The molecule has 3 aromatic carbocycles. The molecule has 192 valence electrons. The molecule has 9 nitrogen and oxygen atoms in total. The summed E-state index contributed by atoms with van der Waals surface area (Å²) < 4.78 is 15.9. The Kier molecular flexibility index (Phi) is 8.99. The van der Waals surface area contributed by atoms with Crippen LogP contribution in [-0.4, -0.2) is 47.7 Å². The number of nitrogens with one attached hydrogen (secondary N) is 1. The third-order valence-corrected chi connectivity index (χ3v) is 5.19. The Labute approximate surface area is 214 Å². The molecule has 0 aliphatic heterocycles. The number of benzene rings is 3. The summed E-state index contributed by atoms with van der Waals surface area (Å²) in [7, 11) is 0. The molecular formula is C28H27NO8. The minimum atomic E-state index is -2.12. The van der Waals surface area contributed by atoms with Crippen molar-refractivity contribution in [2.45, 2.75) is 33.0 Å². The summed E-state index contributed by atoms with van der Waals surface area (Å²) in [5.41, 5.74) is 1.98. The summed E-state index contributed by atoms with van der Waals surface area (Å²) in [6.07, 6.45) is -4.12. The normalized spacial score (nSPS) is 12.1. The summed E-state index contributed by atoms with van der Waals surface area (Å²) in [5.74, 6) is -4.02. The molecule has 1 amide bonds. The SMILES string of the molecule is CCOc1ccc(NC(=O)[C@@H](OC(=O)c2cccc(C)c2)[C@@H](OC(=O)c2cccc(C)c2)C(=O)O)cc1. The number of esters is 2. The second-order valence-electron chi connectivity index (χ2n) is 8.18. The maximum Gasteiger partial charge on any atom is 0.349 e. The van der Waals surface area contributed by atoms with Gasteiger partial charge in [0.2, 0.25) is 12.2 Å². The van der Waals surface area contributed by atoms with Crippen LogP contribution in [0, 0.1) is 13.8 Å². The van der Waals surface area contributed by atoms with Crippen molar-refractivity contribution in [1.82, 2.24) is 0 Å². The van der Waals surface area contributed by atoms with Gasteiger partial charge in [-0.2, -0.15) is 0 Å². The largest absolute Gasteiger partial charge is 0.494 e. The molecule has 0 aliphatic rings. The Morgan fingerprint density at radius 2 is 1.30 bits per heavy atom. The van der Waals surface area contributed by atoms with Gasteiger partial charge < -0.3 is 24.6 Å². The zero-order chi connectivity index (χ0) is 26.9. The van der Waals surface area contributed by atoms with Crippen LogP contribution in [-0.2, 0) is 19.1 Å². The van der Waals surface area contributed by atoms with E-state index in [4.69, 9.17) is 14.2 Å². The minimum absolute atomic E-state index is 0.0851. The van der Waals surface area contributed by atoms with Crippen LogP contribution in [0.5, 0.6) is 5.75 Å². The van der Waals surface area contributed by atoms with Crippen molar-refractivity contribution in [1.29, 1.82) is 0 Å². The highest BCUT2D eigenvalue weighted by Crippen LogP contribution is 2.19. The summed E-state index contributed by atoms with van der Waals surface area (Å²) in [5, 5.41) is 12.4. The molecule has 0 aliphatic carbocycles. The number of aryl methyl sites for hydroxylation is 2. The molecule has 0 unspecified atom stereocenters. The zero-order valence-corrected chi connectivity index (χ0v) is 20.6. The number of rotatable bonds is 10. The van der Waals surface area contributed by atoms with Crippen LogP contribution in [0.15, 0.2) is 72.8 Å². The number of hydrogen-bond acceptors (Lipinski definition) is 7. The van der Waals surface area contributed by atoms with Gasteiger partial charge in [-0.25, -0.2) is 14.4 Å². The fraction of sp³-hybridized carbons (Fsp3) is 0.214. The van der Waals surface area contributed by atoms with Crippen LogP contribution in [0.25, 0.3) is 0 Å². The number of hydrogen-bond donors (Lipinski definition) is 2. The number of ether oxygens (including phenoxy) is 3. The molecule has 3 rings (SSSR count). The van der Waals surface area contributed by atoms with E-state index in [0.717, 1.165) is 11.1 Å². The number of carboxylic acids is 1. The van der Waals surface area contributed by atoms with Gasteiger partial charge in [-0.1, -0.05) is 35.4 Å². The van der Waals surface area contributed by atoms with Crippen molar-refractivity contribution in [3.8, 4) is 5.75 Å². The molecule has 0 heterocycles. The van der Waals surface area contributed by atoms with Crippen LogP contribution in [0.3, 0.4) is 0 Å². The molecule has 0 fully saturated rings. The summed E-state index contributed by atoms with van der Waals surface area (Å²) in [4.78, 5) is 50.9. The van der Waals surface area contributed by atoms with E-state index in [9.17, 15) is 24.3 Å². The Bertz CT molecular complexity index is 1290. The topological polar surface area (TPSA) is 128 Å². The third-order valence-electron chi connectivity index (χ3n) is 5.19. The third kappa shape index (κ3) is 7.41. The monoisotopic (exact) mass is 505 g/mol. The van der Waals surface area contributed by atoms with E-state index in [2.05, 4.69) is 5.32 Å². The van der Waals surface area contributed by atoms with Crippen LogP contribution in [0.1, 0.15) is 38.8 Å². The second-order valence-corrected chi connectivity index (χ2v) is 8.18. The average Bonchev–Trinajstić information content (AvgIpc) is 2.87. The number of carboxylic acid groups (broad SMARTS) is 1. The summed E-state index contributed by atoms with van der Waals surface area (Å²) in [6, 6.07) is 19.0. The molecule has 3 aromatic rings. The van der Waals surface area contributed by atoms with E-state index in [-0.39, 0.29) is 11.1 Å².